The molecule has 1 atom stereocenters. The smallest absolute Gasteiger partial charge is 0.312 e. The molecule has 25 heavy (non-hydrogen) atoms. The summed E-state index contributed by atoms with van der Waals surface area (Å²) in [5.41, 5.74) is 2.11. The first-order chi connectivity index (χ1) is 12.0. The number of nitro groups is 1. The van der Waals surface area contributed by atoms with Crippen molar-refractivity contribution in [2.24, 2.45) is 0 Å². The SMILES string of the molecule is C[C@H](Oc1ccc(Cl)cc1[N+](=O)[O-])C(=O)N1CCc2ccccc2C1. The molecule has 0 saturated carbocycles. The number of benzene rings is 2. The van der Waals surface area contributed by atoms with Gasteiger partial charge in [0.1, 0.15) is 0 Å². The summed E-state index contributed by atoms with van der Waals surface area (Å²) in [6.45, 7) is 2.72. The molecule has 1 aliphatic rings. The number of nitrogens with zero attached hydrogens (tertiary/aromatic N) is 2. The monoisotopic (exact) mass is 360 g/mol. The van der Waals surface area contributed by atoms with Crippen LogP contribution in [0.2, 0.25) is 5.02 Å². The van der Waals surface area contributed by atoms with Gasteiger partial charge in [-0.2, -0.15) is 0 Å². The molecule has 0 N–H and O–H groups in total. The van der Waals surface area contributed by atoms with Gasteiger partial charge in [-0.3, -0.25) is 14.9 Å². The predicted molar refractivity (Wildman–Crippen MR) is 93.8 cm³/mol. The fourth-order valence-corrected chi connectivity index (χ4v) is 3.08. The highest BCUT2D eigenvalue weighted by Gasteiger charge is 2.27. The maximum Gasteiger partial charge on any atom is 0.312 e. The average Bonchev–Trinajstić information content (AvgIpc) is 2.61. The molecule has 0 bridgehead atoms. The summed E-state index contributed by atoms with van der Waals surface area (Å²) < 4.78 is 5.57. The Bertz CT molecular complexity index is 824. The van der Waals surface area contributed by atoms with Crippen molar-refractivity contribution in [1.29, 1.82) is 0 Å². The minimum absolute atomic E-state index is 0.0349. The lowest BCUT2D eigenvalue weighted by Crippen LogP contribution is -2.43. The number of carbonyl (C=O) groups is 1. The van der Waals surface area contributed by atoms with Gasteiger partial charge < -0.3 is 9.64 Å². The zero-order valence-corrected chi connectivity index (χ0v) is 14.4. The Kier molecular flexibility index (Phi) is 4.90. The fourth-order valence-electron chi connectivity index (χ4n) is 2.91. The summed E-state index contributed by atoms with van der Waals surface area (Å²) in [6, 6.07) is 12.1. The second kappa shape index (κ2) is 7.11. The molecule has 1 aliphatic heterocycles. The van der Waals surface area contributed by atoms with Gasteiger partial charge in [0.05, 0.1) is 4.92 Å². The molecule has 130 valence electrons. The predicted octanol–water partition coefficient (Wildman–Crippen LogP) is 3.60. The molecular weight excluding hydrogens is 344 g/mol. The van der Waals surface area contributed by atoms with Crippen LogP contribution in [-0.4, -0.2) is 28.4 Å². The molecule has 0 fully saturated rings. The molecule has 1 amide bonds. The lowest BCUT2D eigenvalue weighted by Gasteiger charge is -2.30. The Hall–Kier alpha value is -2.60. The van der Waals surface area contributed by atoms with Gasteiger partial charge in [0, 0.05) is 24.2 Å². The maximum atomic E-state index is 12.7. The van der Waals surface area contributed by atoms with Gasteiger partial charge in [-0.1, -0.05) is 35.9 Å². The third-order valence-electron chi connectivity index (χ3n) is 4.21. The van der Waals surface area contributed by atoms with Gasteiger partial charge >= 0.3 is 5.69 Å². The van der Waals surface area contributed by atoms with E-state index in [4.69, 9.17) is 16.3 Å². The highest BCUT2D eigenvalue weighted by Crippen LogP contribution is 2.31. The van der Waals surface area contributed by atoms with Crippen molar-refractivity contribution in [3.05, 3.63) is 68.7 Å². The zero-order chi connectivity index (χ0) is 18.0. The molecule has 0 spiro atoms. The molecule has 2 aromatic rings. The molecule has 1 heterocycles. The van der Waals surface area contributed by atoms with Crippen LogP contribution in [0.25, 0.3) is 0 Å². The standard InChI is InChI=1S/C18H17ClN2O4/c1-12(25-17-7-6-15(19)10-16(17)21(23)24)18(22)20-9-8-13-4-2-3-5-14(13)11-20/h2-7,10,12H,8-9,11H2,1H3/t12-/m0/s1. The first-order valence-corrected chi connectivity index (χ1v) is 8.29. The Morgan fingerprint density at radius 1 is 1.28 bits per heavy atom. The largest absolute Gasteiger partial charge is 0.474 e. The Labute approximate surface area is 150 Å². The average molecular weight is 361 g/mol. The van der Waals surface area contributed by atoms with Gasteiger partial charge in [0.15, 0.2) is 11.9 Å². The first kappa shape index (κ1) is 17.2. The summed E-state index contributed by atoms with van der Waals surface area (Å²) in [6.07, 6.45) is -0.0411. The van der Waals surface area contributed by atoms with Crippen molar-refractivity contribution in [2.45, 2.75) is 26.0 Å². The minimum atomic E-state index is -0.829. The fraction of sp³-hybridized carbons (Fsp3) is 0.278. The second-order valence-electron chi connectivity index (χ2n) is 5.91. The van der Waals surface area contributed by atoms with Crippen LogP contribution in [-0.2, 0) is 17.8 Å². The van der Waals surface area contributed by atoms with Crippen LogP contribution in [0.3, 0.4) is 0 Å². The van der Waals surface area contributed by atoms with E-state index in [1.165, 1.54) is 23.8 Å². The molecule has 6 nitrogen and oxygen atoms in total. The number of amides is 1. The Morgan fingerprint density at radius 3 is 2.72 bits per heavy atom. The third kappa shape index (κ3) is 3.74. The molecule has 0 unspecified atom stereocenters. The van der Waals surface area contributed by atoms with E-state index in [-0.39, 0.29) is 22.4 Å². The number of halogens is 1. The summed E-state index contributed by atoms with van der Waals surface area (Å²) >= 11 is 5.79. The van der Waals surface area contributed by atoms with Crippen molar-refractivity contribution in [3.8, 4) is 5.75 Å². The summed E-state index contributed by atoms with van der Waals surface area (Å²) in [5.74, 6) is -0.161. The van der Waals surface area contributed by atoms with Crippen molar-refractivity contribution < 1.29 is 14.5 Å². The molecule has 0 aliphatic carbocycles. The zero-order valence-electron chi connectivity index (χ0n) is 13.6. The second-order valence-corrected chi connectivity index (χ2v) is 6.34. The van der Waals surface area contributed by atoms with E-state index in [1.54, 1.807) is 11.8 Å². The van der Waals surface area contributed by atoms with Gasteiger partial charge in [-0.15, -0.1) is 0 Å². The number of hydrogen-bond acceptors (Lipinski definition) is 4. The quantitative estimate of drug-likeness (QED) is 0.616. The third-order valence-corrected chi connectivity index (χ3v) is 4.45. The van der Waals surface area contributed by atoms with Crippen LogP contribution in [0.5, 0.6) is 5.75 Å². The normalized spacial score (nSPS) is 14.6. The van der Waals surface area contributed by atoms with Crippen LogP contribution in [0.15, 0.2) is 42.5 Å². The molecule has 0 radical (unpaired) electrons. The van der Waals surface area contributed by atoms with Crippen molar-refractivity contribution in [2.75, 3.05) is 6.54 Å². The first-order valence-electron chi connectivity index (χ1n) is 7.92. The molecular formula is C18H17ClN2O4. The van der Waals surface area contributed by atoms with Crippen molar-refractivity contribution in [3.63, 3.8) is 0 Å². The molecule has 2 aromatic carbocycles. The van der Waals surface area contributed by atoms with E-state index in [9.17, 15) is 14.9 Å². The van der Waals surface area contributed by atoms with Crippen LogP contribution in [0.4, 0.5) is 5.69 Å². The van der Waals surface area contributed by atoms with E-state index in [0.29, 0.717) is 13.1 Å². The molecule has 7 heteroatoms. The Morgan fingerprint density at radius 2 is 2.00 bits per heavy atom. The van der Waals surface area contributed by atoms with E-state index >= 15 is 0 Å². The van der Waals surface area contributed by atoms with Gasteiger partial charge in [-0.25, -0.2) is 0 Å². The van der Waals surface area contributed by atoms with E-state index in [1.807, 2.05) is 18.2 Å². The number of hydrogen-bond donors (Lipinski definition) is 0. The highest BCUT2D eigenvalue weighted by atomic mass is 35.5. The van der Waals surface area contributed by atoms with E-state index in [0.717, 1.165) is 12.0 Å². The lowest BCUT2D eigenvalue weighted by atomic mass is 9.99. The van der Waals surface area contributed by atoms with Crippen LogP contribution in [0, 0.1) is 10.1 Å². The highest BCUT2D eigenvalue weighted by molar-refractivity contribution is 6.30. The maximum absolute atomic E-state index is 12.7. The van der Waals surface area contributed by atoms with Gasteiger partial charge in [-0.05, 0) is 36.6 Å². The Balaban J connectivity index is 1.73. The van der Waals surface area contributed by atoms with Crippen LogP contribution < -0.4 is 4.74 Å². The number of rotatable bonds is 4. The number of ether oxygens (including phenoxy) is 1. The topological polar surface area (TPSA) is 72.7 Å². The number of fused-ring (bicyclic) bond motifs is 1. The van der Waals surface area contributed by atoms with Gasteiger partial charge in [0.25, 0.3) is 5.91 Å². The lowest BCUT2D eigenvalue weighted by molar-refractivity contribution is -0.386. The van der Waals surface area contributed by atoms with Crippen LogP contribution >= 0.6 is 11.6 Å². The molecule has 0 saturated heterocycles. The van der Waals surface area contributed by atoms with Gasteiger partial charge in [0.2, 0.25) is 0 Å². The minimum Gasteiger partial charge on any atom is -0.474 e. The molecule has 0 aromatic heterocycles. The summed E-state index contributed by atoms with van der Waals surface area (Å²) in [4.78, 5) is 24.9. The summed E-state index contributed by atoms with van der Waals surface area (Å²) in [7, 11) is 0. The molecule has 3 rings (SSSR count). The van der Waals surface area contributed by atoms with E-state index < -0.39 is 11.0 Å². The van der Waals surface area contributed by atoms with Crippen molar-refractivity contribution >= 4 is 23.2 Å². The number of nitro benzene ring substituents is 1. The van der Waals surface area contributed by atoms with Crippen molar-refractivity contribution in [1.82, 2.24) is 4.90 Å². The van der Waals surface area contributed by atoms with E-state index in [2.05, 4.69) is 6.07 Å². The van der Waals surface area contributed by atoms with Crippen LogP contribution in [0.1, 0.15) is 18.1 Å². The number of carbonyl (C=O) groups excluding carboxylic acids is 1. The summed E-state index contributed by atoms with van der Waals surface area (Å²) in [5, 5.41) is 11.4.